The normalized spacial score (nSPS) is 10.4. The van der Waals surface area contributed by atoms with Crippen LogP contribution in [0.2, 0.25) is 5.02 Å². The maximum Gasteiger partial charge on any atom is 0.291 e. The summed E-state index contributed by atoms with van der Waals surface area (Å²) in [6.45, 7) is 0.211. The summed E-state index contributed by atoms with van der Waals surface area (Å²) in [5, 5.41) is 2.49. The van der Waals surface area contributed by atoms with Crippen molar-refractivity contribution < 1.29 is 13.6 Å². The van der Waals surface area contributed by atoms with Gasteiger partial charge in [-0.2, -0.15) is 0 Å². The van der Waals surface area contributed by atoms with Crippen molar-refractivity contribution in [3.8, 4) is 0 Å². The summed E-state index contributed by atoms with van der Waals surface area (Å²) < 4.78 is 18.3. The standard InChI is InChI=1S/C12H10ClFN2O2/c13-9-3-1-7(5-10(9)14)16-12(17)11-4-2-8(6-15)18-11/h1-5H,6,15H2,(H,16,17). The second-order valence-electron chi connectivity index (χ2n) is 3.55. The number of benzene rings is 1. The molecule has 0 saturated carbocycles. The molecule has 0 saturated heterocycles. The summed E-state index contributed by atoms with van der Waals surface area (Å²) in [6, 6.07) is 7.10. The molecule has 0 bridgehead atoms. The Morgan fingerprint density at radius 1 is 1.39 bits per heavy atom. The van der Waals surface area contributed by atoms with E-state index in [1.165, 1.54) is 18.2 Å². The molecule has 0 aliphatic heterocycles. The fraction of sp³-hybridized carbons (Fsp3) is 0.0833. The Labute approximate surface area is 108 Å². The summed E-state index contributed by atoms with van der Waals surface area (Å²) in [5.74, 6) is -0.457. The first-order valence-corrected chi connectivity index (χ1v) is 5.53. The van der Waals surface area contributed by atoms with E-state index in [1.54, 1.807) is 6.07 Å². The van der Waals surface area contributed by atoms with E-state index in [0.29, 0.717) is 11.4 Å². The van der Waals surface area contributed by atoms with Crippen molar-refractivity contribution in [3.05, 3.63) is 52.7 Å². The Morgan fingerprint density at radius 2 is 2.17 bits per heavy atom. The minimum Gasteiger partial charge on any atom is -0.455 e. The molecular weight excluding hydrogens is 259 g/mol. The third-order valence-electron chi connectivity index (χ3n) is 2.26. The predicted molar refractivity (Wildman–Crippen MR) is 66.0 cm³/mol. The maximum absolute atomic E-state index is 13.2. The van der Waals surface area contributed by atoms with Crippen molar-refractivity contribution >= 4 is 23.2 Å². The van der Waals surface area contributed by atoms with Crippen LogP contribution < -0.4 is 11.1 Å². The number of carbonyl (C=O) groups is 1. The first-order valence-electron chi connectivity index (χ1n) is 5.15. The van der Waals surface area contributed by atoms with Gasteiger partial charge in [-0.25, -0.2) is 4.39 Å². The van der Waals surface area contributed by atoms with Crippen LogP contribution in [0.15, 0.2) is 34.7 Å². The van der Waals surface area contributed by atoms with Gasteiger partial charge in [-0.1, -0.05) is 11.6 Å². The zero-order chi connectivity index (χ0) is 13.1. The number of carbonyl (C=O) groups excluding carboxylic acids is 1. The van der Waals surface area contributed by atoms with E-state index in [4.69, 9.17) is 21.8 Å². The molecule has 1 aromatic carbocycles. The number of nitrogens with one attached hydrogen (secondary N) is 1. The molecule has 2 rings (SSSR count). The highest BCUT2D eigenvalue weighted by Crippen LogP contribution is 2.19. The van der Waals surface area contributed by atoms with Gasteiger partial charge in [0.2, 0.25) is 0 Å². The zero-order valence-corrected chi connectivity index (χ0v) is 10.00. The molecule has 0 fully saturated rings. The van der Waals surface area contributed by atoms with Crippen LogP contribution >= 0.6 is 11.6 Å². The number of anilines is 1. The largest absolute Gasteiger partial charge is 0.455 e. The van der Waals surface area contributed by atoms with Gasteiger partial charge in [0.05, 0.1) is 11.6 Å². The lowest BCUT2D eigenvalue weighted by Crippen LogP contribution is -2.11. The van der Waals surface area contributed by atoms with Crippen molar-refractivity contribution in [2.24, 2.45) is 5.73 Å². The number of rotatable bonds is 3. The number of amides is 1. The highest BCUT2D eigenvalue weighted by Gasteiger charge is 2.11. The van der Waals surface area contributed by atoms with Gasteiger partial charge in [0.15, 0.2) is 5.76 Å². The predicted octanol–water partition coefficient (Wildman–Crippen LogP) is 2.78. The molecule has 1 heterocycles. The zero-order valence-electron chi connectivity index (χ0n) is 9.24. The average molecular weight is 269 g/mol. The van der Waals surface area contributed by atoms with Gasteiger partial charge in [-0.05, 0) is 30.3 Å². The molecule has 94 valence electrons. The van der Waals surface area contributed by atoms with Crippen molar-refractivity contribution in [2.45, 2.75) is 6.54 Å². The quantitative estimate of drug-likeness (QED) is 0.899. The van der Waals surface area contributed by atoms with E-state index >= 15 is 0 Å². The van der Waals surface area contributed by atoms with Gasteiger partial charge in [0.1, 0.15) is 11.6 Å². The first kappa shape index (κ1) is 12.6. The Kier molecular flexibility index (Phi) is 3.64. The molecule has 3 N–H and O–H groups in total. The molecule has 18 heavy (non-hydrogen) atoms. The van der Waals surface area contributed by atoms with E-state index in [0.717, 1.165) is 6.07 Å². The molecule has 0 atom stereocenters. The lowest BCUT2D eigenvalue weighted by Gasteiger charge is -2.03. The second-order valence-corrected chi connectivity index (χ2v) is 3.96. The molecule has 1 aromatic heterocycles. The van der Waals surface area contributed by atoms with Gasteiger partial charge in [-0.15, -0.1) is 0 Å². The van der Waals surface area contributed by atoms with Crippen LogP contribution in [0.4, 0.5) is 10.1 Å². The number of hydrogen-bond donors (Lipinski definition) is 2. The monoisotopic (exact) mass is 268 g/mol. The van der Waals surface area contributed by atoms with Gasteiger partial charge in [-0.3, -0.25) is 4.79 Å². The van der Waals surface area contributed by atoms with Gasteiger partial charge >= 0.3 is 0 Å². The van der Waals surface area contributed by atoms with E-state index in [1.807, 2.05) is 0 Å². The topological polar surface area (TPSA) is 68.3 Å². The minimum absolute atomic E-state index is 0.00332. The first-order chi connectivity index (χ1) is 8.60. The van der Waals surface area contributed by atoms with Crippen LogP contribution in [0.5, 0.6) is 0 Å². The molecule has 1 amide bonds. The summed E-state index contributed by atoms with van der Waals surface area (Å²) in [4.78, 5) is 11.7. The fourth-order valence-corrected chi connectivity index (χ4v) is 1.49. The molecule has 6 heteroatoms. The third kappa shape index (κ3) is 2.69. The molecular formula is C12H10ClFN2O2. The van der Waals surface area contributed by atoms with Gasteiger partial charge in [0, 0.05) is 5.69 Å². The minimum atomic E-state index is -0.600. The molecule has 0 aliphatic rings. The lowest BCUT2D eigenvalue weighted by atomic mass is 10.3. The fourth-order valence-electron chi connectivity index (χ4n) is 1.38. The highest BCUT2D eigenvalue weighted by atomic mass is 35.5. The van der Waals surface area contributed by atoms with Crippen LogP contribution in [0.3, 0.4) is 0 Å². The van der Waals surface area contributed by atoms with Crippen molar-refractivity contribution in [3.63, 3.8) is 0 Å². The number of hydrogen-bond acceptors (Lipinski definition) is 3. The van der Waals surface area contributed by atoms with Crippen LogP contribution in [0.25, 0.3) is 0 Å². The van der Waals surface area contributed by atoms with Crippen molar-refractivity contribution in [1.82, 2.24) is 0 Å². The Balaban J connectivity index is 2.13. The van der Waals surface area contributed by atoms with Crippen molar-refractivity contribution in [2.75, 3.05) is 5.32 Å². The third-order valence-corrected chi connectivity index (χ3v) is 2.57. The van der Waals surface area contributed by atoms with Gasteiger partial charge in [0.25, 0.3) is 5.91 Å². The number of halogens is 2. The Bertz CT molecular complexity index is 583. The molecule has 0 aliphatic carbocycles. The molecule has 0 radical (unpaired) electrons. The van der Waals surface area contributed by atoms with Gasteiger partial charge < -0.3 is 15.5 Å². The van der Waals surface area contributed by atoms with E-state index in [-0.39, 0.29) is 17.3 Å². The molecule has 2 aromatic rings. The molecule has 0 spiro atoms. The SMILES string of the molecule is NCc1ccc(C(=O)Nc2ccc(Cl)c(F)c2)o1. The van der Waals surface area contributed by atoms with Crippen LogP contribution in [-0.2, 0) is 6.54 Å². The summed E-state index contributed by atoms with van der Waals surface area (Å²) >= 11 is 5.54. The van der Waals surface area contributed by atoms with E-state index in [2.05, 4.69) is 5.32 Å². The highest BCUT2D eigenvalue weighted by molar-refractivity contribution is 6.30. The van der Waals surface area contributed by atoms with Crippen LogP contribution in [-0.4, -0.2) is 5.91 Å². The average Bonchev–Trinajstić information content (AvgIpc) is 2.82. The summed E-state index contributed by atoms with van der Waals surface area (Å²) in [6.07, 6.45) is 0. The van der Waals surface area contributed by atoms with E-state index < -0.39 is 11.7 Å². The summed E-state index contributed by atoms with van der Waals surface area (Å²) in [5.41, 5.74) is 5.66. The number of furan rings is 1. The lowest BCUT2D eigenvalue weighted by molar-refractivity contribution is 0.0995. The Morgan fingerprint density at radius 3 is 2.78 bits per heavy atom. The van der Waals surface area contributed by atoms with E-state index in [9.17, 15) is 9.18 Å². The van der Waals surface area contributed by atoms with Crippen molar-refractivity contribution in [1.29, 1.82) is 0 Å². The molecule has 4 nitrogen and oxygen atoms in total. The number of nitrogens with two attached hydrogens (primary N) is 1. The summed E-state index contributed by atoms with van der Waals surface area (Å²) in [7, 11) is 0. The second kappa shape index (κ2) is 5.20. The smallest absolute Gasteiger partial charge is 0.291 e. The Hall–Kier alpha value is -1.85. The maximum atomic E-state index is 13.2. The van der Waals surface area contributed by atoms with Crippen LogP contribution in [0, 0.1) is 5.82 Å². The van der Waals surface area contributed by atoms with Crippen LogP contribution in [0.1, 0.15) is 16.3 Å². The molecule has 0 unspecified atom stereocenters.